The number of ether oxygens (including phenoxy) is 2. The number of fused-ring (bicyclic) bond motifs is 1. The van der Waals surface area contributed by atoms with Crippen molar-refractivity contribution >= 4 is 11.6 Å². The van der Waals surface area contributed by atoms with Gasteiger partial charge in [-0.2, -0.15) is 0 Å². The minimum atomic E-state index is 0.296. The highest BCUT2D eigenvalue weighted by molar-refractivity contribution is 6.30. The molecule has 0 unspecified atom stereocenters. The maximum atomic E-state index is 6.14. The molecule has 0 aromatic heterocycles. The van der Waals surface area contributed by atoms with E-state index in [1.54, 1.807) is 0 Å². The van der Waals surface area contributed by atoms with Crippen LogP contribution >= 0.6 is 11.6 Å². The molecular weight excluding hydrogens is 252 g/mol. The van der Waals surface area contributed by atoms with Crippen LogP contribution in [0, 0.1) is 0 Å². The summed E-state index contributed by atoms with van der Waals surface area (Å²) in [7, 11) is 0. The summed E-state index contributed by atoms with van der Waals surface area (Å²) in [6, 6.07) is 4.19. The van der Waals surface area contributed by atoms with Gasteiger partial charge >= 0.3 is 0 Å². The number of rotatable bonds is 2. The second kappa shape index (κ2) is 5.05. The largest absolute Gasteiger partial charge is 0.467 e. The third kappa shape index (κ3) is 2.47. The molecule has 0 bridgehead atoms. The normalized spacial score (nSPS) is 23.8. The van der Waals surface area contributed by atoms with Gasteiger partial charge in [0.25, 0.3) is 0 Å². The van der Waals surface area contributed by atoms with Crippen LogP contribution < -0.4 is 10.5 Å². The lowest BCUT2D eigenvalue weighted by atomic mass is 10.1. The molecule has 18 heavy (non-hydrogen) atoms. The summed E-state index contributed by atoms with van der Waals surface area (Å²) in [6.07, 6.45) is 1.06. The van der Waals surface area contributed by atoms with Crippen molar-refractivity contribution in [3.8, 4) is 5.75 Å². The van der Waals surface area contributed by atoms with Crippen molar-refractivity contribution < 1.29 is 9.47 Å². The third-order valence-electron chi connectivity index (χ3n) is 3.45. The third-order valence-corrected chi connectivity index (χ3v) is 3.67. The van der Waals surface area contributed by atoms with E-state index in [1.807, 2.05) is 12.1 Å². The number of hydrogen-bond donors (Lipinski definition) is 1. The Balaban J connectivity index is 1.84. The second-order valence-electron chi connectivity index (χ2n) is 4.95. The van der Waals surface area contributed by atoms with Crippen molar-refractivity contribution in [3.05, 3.63) is 28.3 Å². The van der Waals surface area contributed by atoms with Gasteiger partial charge in [0.2, 0.25) is 0 Å². The predicted molar refractivity (Wildman–Crippen MR) is 69.6 cm³/mol. The zero-order valence-electron chi connectivity index (χ0n) is 10.2. The highest BCUT2D eigenvalue weighted by Crippen LogP contribution is 2.32. The molecule has 98 valence electrons. The first-order chi connectivity index (χ1) is 8.72. The van der Waals surface area contributed by atoms with Gasteiger partial charge in [0.1, 0.15) is 5.75 Å². The lowest BCUT2D eigenvalue weighted by Crippen LogP contribution is -2.26. The fourth-order valence-corrected chi connectivity index (χ4v) is 2.88. The van der Waals surface area contributed by atoms with Crippen molar-refractivity contribution in [1.82, 2.24) is 4.90 Å². The number of likely N-dealkylation sites (tertiary alicyclic amines) is 1. The predicted octanol–water partition coefficient (Wildman–Crippen LogP) is 1.74. The Hall–Kier alpha value is -0.810. The first kappa shape index (κ1) is 12.2. The second-order valence-corrected chi connectivity index (χ2v) is 5.38. The molecule has 0 aliphatic carbocycles. The molecule has 2 aliphatic heterocycles. The summed E-state index contributed by atoms with van der Waals surface area (Å²) in [5, 5.41) is 0.737. The number of benzene rings is 1. The summed E-state index contributed by atoms with van der Waals surface area (Å²) >= 11 is 6.14. The summed E-state index contributed by atoms with van der Waals surface area (Å²) < 4.78 is 10.9. The van der Waals surface area contributed by atoms with Crippen molar-refractivity contribution in [2.45, 2.75) is 25.6 Å². The monoisotopic (exact) mass is 268 g/mol. The maximum Gasteiger partial charge on any atom is 0.189 e. The van der Waals surface area contributed by atoms with Crippen molar-refractivity contribution in [1.29, 1.82) is 0 Å². The van der Waals surface area contributed by atoms with Crippen LogP contribution in [0.5, 0.6) is 5.75 Å². The Morgan fingerprint density at radius 1 is 1.44 bits per heavy atom. The summed E-state index contributed by atoms with van der Waals surface area (Å²) in [6.45, 7) is 3.72. The van der Waals surface area contributed by atoms with E-state index in [9.17, 15) is 0 Å². The quantitative estimate of drug-likeness (QED) is 0.888. The SMILES string of the molecule is N[C@H]1CCN(Cc2cc(Cl)cc3c2OCOC3)C1. The molecule has 2 heterocycles. The Bertz CT molecular complexity index is 453. The Morgan fingerprint density at radius 2 is 2.33 bits per heavy atom. The van der Waals surface area contributed by atoms with Crippen molar-refractivity contribution in [2.24, 2.45) is 5.73 Å². The van der Waals surface area contributed by atoms with E-state index in [-0.39, 0.29) is 0 Å². The van der Waals surface area contributed by atoms with Gasteiger partial charge in [-0.15, -0.1) is 0 Å². The standard InChI is InChI=1S/C13H17ClN2O2/c14-11-3-9(5-16-2-1-12(15)6-16)13-10(4-11)7-17-8-18-13/h3-4,12H,1-2,5-8,15H2/t12-/m0/s1. The summed E-state index contributed by atoms with van der Waals surface area (Å²) in [5.41, 5.74) is 8.10. The molecule has 3 rings (SSSR count). The zero-order valence-corrected chi connectivity index (χ0v) is 10.9. The Labute approximate surface area is 112 Å². The van der Waals surface area contributed by atoms with Crippen LogP contribution in [0.15, 0.2) is 12.1 Å². The topological polar surface area (TPSA) is 47.7 Å². The summed E-state index contributed by atoms with van der Waals surface area (Å²) in [5.74, 6) is 0.936. The lowest BCUT2D eigenvalue weighted by molar-refractivity contribution is -0.0174. The maximum absolute atomic E-state index is 6.14. The highest BCUT2D eigenvalue weighted by atomic mass is 35.5. The van der Waals surface area contributed by atoms with Gasteiger partial charge in [0.05, 0.1) is 6.61 Å². The number of hydrogen-bond acceptors (Lipinski definition) is 4. The van der Waals surface area contributed by atoms with Gasteiger partial charge in [-0.3, -0.25) is 4.90 Å². The van der Waals surface area contributed by atoms with Crippen molar-refractivity contribution in [2.75, 3.05) is 19.9 Å². The molecule has 2 aliphatic rings. The minimum absolute atomic E-state index is 0.296. The fraction of sp³-hybridized carbons (Fsp3) is 0.538. The first-order valence-corrected chi connectivity index (χ1v) is 6.60. The van der Waals surface area contributed by atoms with Gasteiger partial charge in [0, 0.05) is 41.8 Å². The molecule has 1 atom stereocenters. The Morgan fingerprint density at radius 3 is 3.11 bits per heavy atom. The van der Waals surface area contributed by atoms with Crippen LogP contribution in [-0.4, -0.2) is 30.8 Å². The van der Waals surface area contributed by atoms with Gasteiger partial charge < -0.3 is 15.2 Å². The van der Waals surface area contributed by atoms with Crippen molar-refractivity contribution in [3.63, 3.8) is 0 Å². The van der Waals surface area contributed by atoms with E-state index < -0.39 is 0 Å². The zero-order chi connectivity index (χ0) is 12.5. The molecule has 4 nitrogen and oxygen atoms in total. The highest BCUT2D eigenvalue weighted by Gasteiger charge is 2.22. The minimum Gasteiger partial charge on any atom is -0.467 e. The van der Waals surface area contributed by atoms with E-state index >= 15 is 0 Å². The van der Waals surface area contributed by atoms with Crippen LogP contribution in [0.25, 0.3) is 0 Å². The molecule has 1 saturated heterocycles. The summed E-state index contributed by atoms with van der Waals surface area (Å²) in [4.78, 5) is 2.34. The fourth-order valence-electron chi connectivity index (χ4n) is 2.62. The van der Waals surface area contributed by atoms with E-state index in [0.29, 0.717) is 19.4 Å². The molecule has 1 fully saturated rings. The van der Waals surface area contributed by atoms with Crippen LogP contribution in [0.3, 0.4) is 0 Å². The van der Waals surface area contributed by atoms with Gasteiger partial charge in [-0.1, -0.05) is 11.6 Å². The van der Waals surface area contributed by atoms with Crippen LogP contribution in [0.1, 0.15) is 17.5 Å². The van der Waals surface area contributed by atoms with Crippen LogP contribution in [-0.2, 0) is 17.9 Å². The Kier molecular flexibility index (Phi) is 3.43. The van der Waals surface area contributed by atoms with Gasteiger partial charge in [-0.05, 0) is 18.6 Å². The van der Waals surface area contributed by atoms with E-state index in [4.69, 9.17) is 26.8 Å². The first-order valence-electron chi connectivity index (χ1n) is 6.22. The molecule has 2 N–H and O–H groups in total. The van der Waals surface area contributed by atoms with E-state index in [2.05, 4.69) is 4.90 Å². The number of halogens is 1. The molecule has 0 saturated carbocycles. The van der Waals surface area contributed by atoms with Crippen LogP contribution in [0.4, 0.5) is 0 Å². The van der Waals surface area contributed by atoms with E-state index in [0.717, 1.165) is 48.0 Å². The molecule has 0 spiro atoms. The average molecular weight is 269 g/mol. The van der Waals surface area contributed by atoms with Gasteiger partial charge in [-0.25, -0.2) is 0 Å². The molecule has 0 amide bonds. The number of nitrogens with two attached hydrogens (primary N) is 1. The molecular formula is C13H17ClN2O2. The van der Waals surface area contributed by atoms with Gasteiger partial charge in [0.15, 0.2) is 6.79 Å². The smallest absolute Gasteiger partial charge is 0.189 e. The molecule has 1 aromatic carbocycles. The molecule has 5 heteroatoms. The lowest BCUT2D eigenvalue weighted by Gasteiger charge is -2.23. The number of nitrogens with zero attached hydrogens (tertiary/aromatic N) is 1. The average Bonchev–Trinajstić information content (AvgIpc) is 2.74. The molecule has 1 aromatic rings. The molecule has 0 radical (unpaired) electrons. The van der Waals surface area contributed by atoms with E-state index in [1.165, 1.54) is 0 Å². The van der Waals surface area contributed by atoms with Crippen LogP contribution in [0.2, 0.25) is 5.02 Å².